The molecule has 2 nitrogen and oxygen atoms in total. The second-order valence-electron chi connectivity index (χ2n) is 2.69. The lowest BCUT2D eigenvalue weighted by Gasteiger charge is -2.05. The second-order valence-corrected chi connectivity index (χ2v) is 2.69. The Kier molecular flexibility index (Phi) is 4.03. The highest BCUT2D eigenvalue weighted by atomic mass is 16.5. The Labute approximate surface area is 68.5 Å². The van der Waals surface area contributed by atoms with Gasteiger partial charge in [0.15, 0.2) is 0 Å². The third-order valence-electron chi connectivity index (χ3n) is 1.63. The van der Waals surface area contributed by atoms with Crippen molar-refractivity contribution in [3.8, 4) is 11.8 Å². The van der Waals surface area contributed by atoms with E-state index < -0.39 is 0 Å². The Balaban J connectivity index is 2.06. The lowest BCUT2D eigenvalue weighted by molar-refractivity contribution is 0.148. The summed E-state index contributed by atoms with van der Waals surface area (Å²) in [5.41, 5.74) is 0. The Morgan fingerprint density at radius 1 is 1.45 bits per heavy atom. The molecule has 11 heavy (non-hydrogen) atoms. The monoisotopic (exact) mass is 153 g/mol. The minimum absolute atomic E-state index is 0.765. The number of ether oxygens (including phenoxy) is 1. The van der Waals surface area contributed by atoms with Gasteiger partial charge in [0.1, 0.15) is 0 Å². The Bertz CT molecular complexity index is 151. The van der Waals surface area contributed by atoms with Crippen molar-refractivity contribution in [3.63, 3.8) is 0 Å². The molecule has 2 heteroatoms. The zero-order chi connectivity index (χ0) is 7.94. The second kappa shape index (κ2) is 5.17. The van der Waals surface area contributed by atoms with Crippen molar-refractivity contribution in [2.24, 2.45) is 0 Å². The van der Waals surface area contributed by atoms with Gasteiger partial charge >= 0.3 is 0 Å². The molecule has 62 valence electrons. The van der Waals surface area contributed by atoms with Crippen LogP contribution < -0.4 is 0 Å². The van der Waals surface area contributed by atoms with Gasteiger partial charge in [0.05, 0.1) is 19.9 Å². The molecule has 1 aliphatic heterocycles. The van der Waals surface area contributed by atoms with Crippen LogP contribution in [0.5, 0.6) is 0 Å². The first-order chi connectivity index (χ1) is 5.43. The van der Waals surface area contributed by atoms with Gasteiger partial charge in [-0.2, -0.15) is 0 Å². The van der Waals surface area contributed by atoms with E-state index in [1.54, 1.807) is 0 Å². The number of nitrogens with zero attached hydrogens (tertiary/aromatic N) is 1. The normalized spacial score (nSPS) is 17.9. The molecule has 0 amide bonds. The van der Waals surface area contributed by atoms with Crippen molar-refractivity contribution in [1.29, 1.82) is 0 Å². The van der Waals surface area contributed by atoms with Crippen LogP contribution >= 0.6 is 0 Å². The van der Waals surface area contributed by atoms with Crippen molar-refractivity contribution in [3.05, 3.63) is 0 Å². The van der Waals surface area contributed by atoms with E-state index in [1.165, 1.54) is 0 Å². The van der Waals surface area contributed by atoms with E-state index in [2.05, 4.69) is 23.7 Å². The van der Waals surface area contributed by atoms with E-state index in [1.807, 2.05) is 0 Å². The maximum absolute atomic E-state index is 5.17. The Hall–Kier alpha value is -0.520. The zero-order valence-electron chi connectivity index (χ0n) is 7.10. The Morgan fingerprint density at radius 3 is 3.00 bits per heavy atom. The van der Waals surface area contributed by atoms with E-state index in [0.29, 0.717) is 0 Å². The number of rotatable bonds is 2. The van der Waals surface area contributed by atoms with Gasteiger partial charge in [0.2, 0.25) is 0 Å². The first-order valence-corrected chi connectivity index (χ1v) is 4.19. The van der Waals surface area contributed by atoms with E-state index in [-0.39, 0.29) is 0 Å². The molecule has 1 aliphatic rings. The highest BCUT2D eigenvalue weighted by Gasteiger charge is 2.08. The van der Waals surface area contributed by atoms with E-state index in [0.717, 1.165) is 39.3 Å². The first kappa shape index (κ1) is 8.58. The topological polar surface area (TPSA) is 12.5 Å². The minimum atomic E-state index is 0.765. The summed E-state index contributed by atoms with van der Waals surface area (Å²) in [5, 5.41) is 0. The van der Waals surface area contributed by atoms with Crippen LogP contribution in [0.2, 0.25) is 0 Å². The van der Waals surface area contributed by atoms with Crippen LogP contribution in [0.3, 0.4) is 0 Å². The van der Waals surface area contributed by atoms with Gasteiger partial charge in [-0.25, -0.2) is 0 Å². The fourth-order valence-corrected chi connectivity index (χ4v) is 0.958. The highest BCUT2D eigenvalue weighted by Crippen LogP contribution is 1.96. The van der Waals surface area contributed by atoms with E-state index in [9.17, 15) is 0 Å². The molecule has 0 spiro atoms. The largest absolute Gasteiger partial charge is 0.365 e. The lowest BCUT2D eigenvalue weighted by Crippen LogP contribution is -2.19. The maximum Gasteiger partial charge on any atom is 0.0999 e. The maximum atomic E-state index is 5.17. The summed E-state index contributed by atoms with van der Waals surface area (Å²) in [4.78, 5) is 2.21. The highest BCUT2D eigenvalue weighted by molar-refractivity contribution is 5.00. The summed E-state index contributed by atoms with van der Waals surface area (Å²) in [6.07, 6.45) is 2.18. The molecule has 1 saturated heterocycles. The van der Waals surface area contributed by atoms with Gasteiger partial charge in [0, 0.05) is 13.0 Å². The molecule has 0 unspecified atom stereocenters. The van der Waals surface area contributed by atoms with Crippen molar-refractivity contribution in [1.82, 2.24) is 4.90 Å². The van der Waals surface area contributed by atoms with Crippen LogP contribution in [0.25, 0.3) is 0 Å². The van der Waals surface area contributed by atoms with Crippen LogP contribution in [0.15, 0.2) is 0 Å². The molecular weight excluding hydrogens is 138 g/mol. The van der Waals surface area contributed by atoms with Gasteiger partial charge in [0.25, 0.3) is 0 Å². The molecule has 0 atom stereocenters. The summed E-state index contributed by atoms with van der Waals surface area (Å²) in [5.74, 6) is 6.24. The molecule has 0 aromatic carbocycles. The molecule has 1 rings (SSSR count). The fraction of sp³-hybridized carbons (Fsp3) is 0.778. The van der Waals surface area contributed by atoms with Crippen molar-refractivity contribution < 1.29 is 4.74 Å². The van der Waals surface area contributed by atoms with Gasteiger partial charge in [-0.1, -0.05) is 12.8 Å². The predicted molar refractivity (Wildman–Crippen MR) is 45.1 cm³/mol. The molecule has 0 saturated carbocycles. The molecule has 0 bridgehead atoms. The Morgan fingerprint density at radius 2 is 2.36 bits per heavy atom. The average molecular weight is 153 g/mol. The third-order valence-corrected chi connectivity index (χ3v) is 1.63. The smallest absolute Gasteiger partial charge is 0.0999 e. The van der Waals surface area contributed by atoms with Gasteiger partial charge < -0.3 is 4.74 Å². The fourth-order valence-electron chi connectivity index (χ4n) is 0.958. The summed E-state index contributed by atoms with van der Waals surface area (Å²) in [6, 6.07) is 0. The molecule has 1 heterocycles. The van der Waals surface area contributed by atoms with Crippen LogP contribution in [-0.4, -0.2) is 31.3 Å². The molecule has 0 aromatic heterocycles. The summed E-state index contributed by atoms with van der Waals surface area (Å²) < 4.78 is 5.17. The first-order valence-electron chi connectivity index (χ1n) is 4.19. The molecule has 0 N–H and O–H groups in total. The number of hydrogen-bond donors (Lipinski definition) is 0. The van der Waals surface area contributed by atoms with Gasteiger partial charge in [-0.05, 0) is 6.42 Å². The summed E-state index contributed by atoms with van der Waals surface area (Å²) >= 11 is 0. The zero-order valence-corrected chi connectivity index (χ0v) is 7.10. The van der Waals surface area contributed by atoms with Crippen molar-refractivity contribution in [2.75, 3.05) is 26.4 Å². The SMILES string of the molecule is CCCC#CCN1CCOC1. The standard InChI is InChI=1S/C9H15NO/c1-2-3-4-5-6-10-7-8-11-9-10/h2-3,6-9H2,1H3. The summed E-state index contributed by atoms with van der Waals surface area (Å²) in [7, 11) is 0. The number of hydrogen-bond acceptors (Lipinski definition) is 2. The molecule has 0 aliphatic carbocycles. The van der Waals surface area contributed by atoms with Crippen LogP contribution in [-0.2, 0) is 4.74 Å². The van der Waals surface area contributed by atoms with E-state index >= 15 is 0 Å². The molecule has 1 fully saturated rings. The lowest BCUT2D eigenvalue weighted by atomic mass is 10.3. The van der Waals surface area contributed by atoms with Crippen LogP contribution in [0.1, 0.15) is 19.8 Å². The predicted octanol–water partition coefficient (Wildman–Crippen LogP) is 1.08. The summed E-state index contributed by atoms with van der Waals surface area (Å²) in [6.45, 7) is 5.70. The number of unbranched alkanes of at least 4 members (excludes halogenated alkanes) is 1. The van der Waals surface area contributed by atoms with Crippen molar-refractivity contribution in [2.45, 2.75) is 19.8 Å². The average Bonchev–Trinajstić information content (AvgIpc) is 2.50. The molecule has 0 aromatic rings. The molecular formula is C9H15NO. The quantitative estimate of drug-likeness (QED) is 0.550. The van der Waals surface area contributed by atoms with Crippen molar-refractivity contribution >= 4 is 0 Å². The van der Waals surface area contributed by atoms with Gasteiger partial charge in [-0.15, -0.1) is 5.92 Å². The van der Waals surface area contributed by atoms with E-state index in [4.69, 9.17) is 4.74 Å². The van der Waals surface area contributed by atoms with Crippen LogP contribution in [0, 0.1) is 11.8 Å². The molecule has 0 radical (unpaired) electrons. The van der Waals surface area contributed by atoms with Crippen LogP contribution in [0.4, 0.5) is 0 Å². The van der Waals surface area contributed by atoms with Gasteiger partial charge in [-0.3, -0.25) is 4.90 Å². The third kappa shape index (κ3) is 3.41. The minimum Gasteiger partial charge on any atom is -0.365 e.